The molecule has 1 heterocycles. The van der Waals surface area contributed by atoms with Crippen LogP contribution in [-0.4, -0.2) is 18.1 Å². The van der Waals surface area contributed by atoms with Gasteiger partial charge < -0.3 is 5.01 Å². The van der Waals surface area contributed by atoms with Crippen LogP contribution in [0.15, 0.2) is 66.7 Å². The molecule has 0 aromatic heterocycles. The van der Waals surface area contributed by atoms with E-state index in [1.807, 2.05) is 24.3 Å². The predicted molar refractivity (Wildman–Crippen MR) is 97.5 cm³/mol. The quantitative estimate of drug-likeness (QED) is 0.720. The maximum absolute atomic E-state index is 9.36. The van der Waals surface area contributed by atoms with Crippen molar-refractivity contribution >= 4 is 16.5 Å². The molecule has 0 spiro atoms. The lowest BCUT2D eigenvalue weighted by Crippen LogP contribution is -2.36. The third-order valence-electron chi connectivity index (χ3n) is 4.64. The molecule has 1 fully saturated rings. The monoisotopic (exact) mass is 313 g/mol. The Balaban J connectivity index is 1.73. The van der Waals surface area contributed by atoms with Crippen LogP contribution in [0.1, 0.15) is 17.5 Å². The van der Waals surface area contributed by atoms with Crippen LogP contribution in [0.4, 0.5) is 5.69 Å². The first-order valence-corrected chi connectivity index (χ1v) is 8.35. The van der Waals surface area contributed by atoms with E-state index in [-0.39, 0.29) is 0 Å². The molecule has 1 aliphatic rings. The van der Waals surface area contributed by atoms with Gasteiger partial charge in [0.2, 0.25) is 0 Å². The summed E-state index contributed by atoms with van der Waals surface area (Å²) in [6, 6.07) is 25.1. The number of anilines is 1. The van der Waals surface area contributed by atoms with Crippen LogP contribution in [0.3, 0.4) is 0 Å². The average Bonchev–Trinajstić information content (AvgIpc) is 3.09. The zero-order chi connectivity index (χ0) is 16.4. The lowest BCUT2D eigenvalue weighted by atomic mass is 10.0. The van der Waals surface area contributed by atoms with Crippen LogP contribution in [-0.2, 0) is 6.54 Å². The molecule has 3 aromatic rings. The van der Waals surface area contributed by atoms with Gasteiger partial charge in [0, 0.05) is 30.4 Å². The van der Waals surface area contributed by atoms with Crippen molar-refractivity contribution in [3.63, 3.8) is 0 Å². The maximum atomic E-state index is 9.36. The molecule has 0 atom stereocenters. The number of nitriles is 1. The summed E-state index contributed by atoms with van der Waals surface area (Å²) in [4.78, 5) is 0. The fourth-order valence-electron chi connectivity index (χ4n) is 3.50. The molecule has 0 saturated carbocycles. The van der Waals surface area contributed by atoms with Crippen molar-refractivity contribution in [1.29, 1.82) is 5.26 Å². The van der Waals surface area contributed by atoms with Gasteiger partial charge in [0.1, 0.15) is 0 Å². The highest BCUT2D eigenvalue weighted by molar-refractivity contribution is 5.97. The van der Waals surface area contributed by atoms with Crippen molar-refractivity contribution in [3.05, 3.63) is 77.9 Å². The topological polar surface area (TPSA) is 30.3 Å². The van der Waals surface area contributed by atoms with Crippen LogP contribution in [0.25, 0.3) is 10.8 Å². The molecule has 1 aliphatic heterocycles. The number of benzene rings is 3. The normalized spacial score (nSPS) is 14.9. The van der Waals surface area contributed by atoms with E-state index in [0.717, 1.165) is 42.4 Å². The summed E-state index contributed by atoms with van der Waals surface area (Å²) >= 11 is 0. The largest absolute Gasteiger partial charge is 0.305 e. The number of hydrazine groups is 1. The molecule has 0 bridgehead atoms. The minimum atomic E-state index is 0.739. The number of hydrogen-bond acceptors (Lipinski definition) is 3. The molecule has 0 unspecified atom stereocenters. The number of fused-ring (bicyclic) bond motifs is 1. The average molecular weight is 313 g/mol. The van der Waals surface area contributed by atoms with E-state index in [2.05, 4.69) is 58.6 Å². The fraction of sp³-hybridized carbons (Fsp3) is 0.190. The van der Waals surface area contributed by atoms with Gasteiger partial charge in [-0.1, -0.05) is 54.6 Å². The van der Waals surface area contributed by atoms with Gasteiger partial charge in [-0.25, -0.2) is 5.01 Å². The van der Waals surface area contributed by atoms with Crippen LogP contribution >= 0.6 is 0 Å². The first-order chi connectivity index (χ1) is 11.9. The van der Waals surface area contributed by atoms with Gasteiger partial charge >= 0.3 is 0 Å². The van der Waals surface area contributed by atoms with Gasteiger partial charge in [0.15, 0.2) is 0 Å². The van der Waals surface area contributed by atoms with E-state index in [4.69, 9.17) is 0 Å². The molecule has 3 heteroatoms. The van der Waals surface area contributed by atoms with Gasteiger partial charge in [0.05, 0.1) is 17.3 Å². The second kappa shape index (κ2) is 6.35. The van der Waals surface area contributed by atoms with Gasteiger partial charge in [-0.2, -0.15) is 5.26 Å². The minimum Gasteiger partial charge on any atom is -0.305 e. The summed E-state index contributed by atoms with van der Waals surface area (Å²) in [5.41, 5.74) is 3.25. The summed E-state index contributed by atoms with van der Waals surface area (Å²) < 4.78 is 0. The highest BCUT2D eigenvalue weighted by atomic mass is 15.6. The first-order valence-electron chi connectivity index (χ1n) is 8.35. The summed E-state index contributed by atoms with van der Waals surface area (Å²) in [7, 11) is 0. The molecule has 0 N–H and O–H groups in total. The third-order valence-corrected chi connectivity index (χ3v) is 4.64. The Hall–Kier alpha value is -2.83. The zero-order valence-corrected chi connectivity index (χ0v) is 13.5. The van der Waals surface area contributed by atoms with Gasteiger partial charge in [-0.15, -0.1) is 0 Å². The third kappa shape index (κ3) is 2.62. The van der Waals surface area contributed by atoms with E-state index in [1.165, 1.54) is 11.3 Å². The molecule has 4 rings (SSSR count). The van der Waals surface area contributed by atoms with Crippen LogP contribution in [0, 0.1) is 11.3 Å². The van der Waals surface area contributed by atoms with Gasteiger partial charge in [-0.3, -0.25) is 0 Å². The van der Waals surface area contributed by atoms with Crippen molar-refractivity contribution in [1.82, 2.24) is 5.01 Å². The van der Waals surface area contributed by atoms with Crippen molar-refractivity contribution in [2.45, 2.75) is 13.0 Å². The van der Waals surface area contributed by atoms with E-state index in [1.54, 1.807) is 0 Å². The summed E-state index contributed by atoms with van der Waals surface area (Å²) in [6.45, 7) is 2.99. The molecule has 24 heavy (non-hydrogen) atoms. The Morgan fingerprint density at radius 1 is 0.833 bits per heavy atom. The molecule has 3 nitrogen and oxygen atoms in total. The molecule has 3 aromatic carbocycles. The maximum Gasteiger partial charge on any atom is 0.0998 e. The highest BCUT2D eigenvalue weighted by Gasteiger charge is 2.24. The Morgan fingerprint density at radius 2 is 1.58 bits per heavy atom. The Bertz CT molecular complexity index is 896. The van der Waals surface area contributed by atoms with E-state index in [0.29, 0.717) is 0 Å². The van der Waals surface area contributed by atoms with E-state index in [9.17, 15) is 5.26 Å². The summed E-state index contributed by atoms with van der Waals surface area (Å²) in [6.07, 6.45) is 1.15. The standard InChI is InChI=1S/C21H19N3/c22-15-18-11-12-21(20-10-5-4-9-19(18)20)24-14-6-13-23(24)16-17-7-2-1-3-8-17/h1-5,7-12H,6,13-14,16H2. The number of nitrogens with zero attached hydrogens (tertiary/aromatic N) is 3. The Labute approximate surface area is 142 Å². The number of hydrogen-bond donors (Lipinski definition) is 0. The molecule has 0 amide bonds. The lowest BCUT2D eigenvalue weighted by Gasteiger charge is -2.31. The fourth-order valence-corrected chi connectivity index (χ4v) is 3.50. The Kier molecular flexibility index (Phi) is 3.90. The van der Waals surface area contributed by atoms with Crippen LogP contribution < -0.4 is 5.01 Å². The van der Waals surface area contributed by atoms with E-state index >= 15 is 0 Å². The molecular formula is C21H19N3. The molecular weight excluding hydrogens is 294 g/mol. The smallest absolute Gasteiger partial charge is 0.0998 e. The predicted octanol–water partition coefficient (Wildman–Crippen LogP) is 4.34. The van der Waals surface area contributed by atoms with Crippen LogP contribution in [0.5, 0.6) is 0 Å². The van der Waals surface area contributed by atoms with E-state index < -0.39 is 0 Å². The SMILES string of the molecule is N#Cc1ccc(N2CCCN2Cc2ccccc2)c2ccccc12. The zero-order valence-electron chi connectivity index (χ0n) is 13.5. The highest BCUT2D eigenvalue weighted by Crippen LogP contribution is 2.32. The summed E-state index contributed by atoms with van der Waals surface area (Å²) in [5.74, 6) is 0. The second-order valence-electron chi connectivity index (χ2n) is 6.14. The first kappa shape index (κ1) is 14.7. The summed E-state index contributed by atoms with van der Waals surface area (Å²) in [5, 5.41) is 16.3. The van der Waals surface area contributed by atoms with Gasteiger partial charge in [-0.05, 0) is 24.1 Å². The minimum absolute atomic E-state index is 0.739. The van der Waals surface area contributed by atoms with Crippen molar-refractivity contribution < 1.29 is 0 Å². The lowest BCUT2D eigenvalue weighted by molar-refractivity contribution is 0.304. The Morgan fingerprint density at radius 3 is 2.38 bits per heavy atom. The van der Waals surface area contributed by atoms with Crippen LogP contribution in [0.2, 0.25) is 0 Å². The molecule has 1 saturated heterocycles. The molecule has 118 valence electrons. The van der Waals surface area contributed by atoms with Crippen molar-refractivity contribution in [3.8, 4) is 6.07 Å². The van der Waals surface area contributed by atoms with Crippen molar-refractivity contribution in [2.75, 3.05) is 18.1 Å². The molecule has 0 radical (unpaired) electrons. The van der Waals surface area contributed by atoms with Crippen molar-refractivity contribution in [2.24, 2.45) is 0 Å². The molecule has 0 aliphatic carbocycles. The number of rotatable bonds is 3. The second-order valence-corrected chi connectivity index (χ2v) is 6.14. The van der Waals surface area contributed by atoms with Gasteiger partial charge in [0.25, 0.3) is 0 Å².